The van der Waals surface area contributed by atoms with Gasteiger partial charge in [-0.25, -0.2) is 18.2 Å². The molecule has 1 heterocycles. The molecule has 0 aromatic heterocycles. The second-order valence-electron chi connectivity index (χ2n) is 7.22. The number of alkyl halides is 3. The molecule has 1 aromatic carbocycles. The first-order valence-corrected chi connectivity index (χ1v) is 11.0. The van der Waals surface area contributed by atoms with Crippen LogP contribution < -0.4 is 5.32 Å². The minimum atomic E-state index is -2.73. The number of nitrogens with one attached hydrogen (secondary N) is 2. The topological polar surface area (TPSA) is 83.8 Å². The number of ketones is 1. The molecule has 1 aliphatic rings. The standard InChI is InChI=1S/C14H22ClN3O3.C9H9F3/c1-4-10(13(16)17-2)11(18-9-15)5-6-12(19)14(20-3)7-21-8-14;1-2-6-4-3-5-7(8(6)10)9(11)12/h16,18H,2,4-9H2,1,3H3;3-5,9H,2H2,1H3/b11-10-,16-13?;. The van der Waals surface area contributed by atoms with Gasteiger partial charge >= 0.3 is 0 Å². The Morgan fingerprint density at radius 3 is 2.45 bits per heavy atom. The molecule has 0 unspecified atom stereocenters. The van der Waals surface area contributed by atoms with E-state index in [1.807, 2.05) is 6.92 Å². The van der Waals surface area contributed by atoms with Crippen molar-refractivity contribution in [3.63, 3.8) is 0 Å². The largest absolute Gasteiger partial charge is 0.375 e. The molecule has 0 bridgehead atoms. The first kappa shape index (κ1) is 28.8. The molecule has 6 nitrogen and oxygen atoms in total. The Morgan fingerprint density at radius 1 is 1.36 bits per heavy atom. The first-order valence-electron chi connectivity index (χ1n) is 10.5. The number of Topliss-reactive ketones (excluding diaryl/α,β-unsaturated/α-hetero) is 1. The maximum atomic E-state index is 13.0. The average molecular weight is 490 g/mol. The lowest BCUT2D eigenvalue weighted by Crippen LogP contribution is -2.57. The monoisotopic (exact) mass is 489 g/mol. The van der Waals surface area contributed by atoms with Crippen LogP contribution in [0.5, 0.6) is 0 Å². The molecule has 0 aliphatic carbocycles. The average Bonchev–Trinajstić information content (AvgIpc) is 2.77. The highest BCUT2D eigenvalue weighted by Crippen LogP contribution is 2.26. The molecule has 0 amide bonds. The van der Waals surface area contributed by atoms with Gasteiger partial charge in [0.05, 0.1) is 24.8 Å². The zero-order valence-corrected chi connectivity index (χ0v) is 19.9. The Bertz CT molecular complexity index is 853. The molecule has 184 valence electrons. The summed E-state index contributed by atoms with van der Waals surface area (Å²) in [5, 5.41) is 10.8. The van der Waals surface area contributed by atoms with E-state index in [1.54, 1.807) is 6.92 Å². The van der Waals surface area contributed by atoms with Crippen LogP contribution in [0.4, 0.5) is 13.2 Å². The van der Waals surface area contributed by atoms with Gasteiger partial charge in [0.15, 0.2) is 11.4 Å². The van der Waals surface area contributed by atoms with Crippen molar-refractivity contribution in [2.24, 2.45) is 4.99 Å². The number of aliphatic imine (C=N–C) groups is 1. The summed E-state index contributed by atoms with van der Waals surface area (Å²) in [6.45, 7) is 7.62. The Morgan fingerprint density at radius 2 is 2.03 bits per heavy atom. The number of carbonyl (C=O) groups excluding carboxylic acids is 1. The Hall–Kier alpha value is -2.23. The number of ether oxygens (including phenoxy) is 2. The van der Waals surface area contributed by atoms with E-state index >= 15 is 0 Å². The van der Waals surface area contributed by atoms with Crippen molar-refractivity contribution in [1.82, 2.24) is 5.32 Å². The van der Waals surface area contributed by atoms with Crippen LogP contribution in [0, 0.1) is 11.2 Å². The number of carbonyl (C=O) groups is 1. The third kappa shape index (κ3) is 7.65. The van der Waals surface area contributed by atoms with Gasteiger partial charge in [-0.05, 0) is 31.5 Å². The number of hydrogen-bond donors (Lipinski definition) is 2. The number of amidine groups is 1. The summed E-state index contributed by atoms with van der Waals surface area (Å²) in [7, 11) is 1.52. The van der Waals surface area contributed by atoms with Crippen molar-refractivity contribution in [3.05, 3.63) is 46.4 Å². The number of benzene rings is 1. The van der Waals surface area contributed by atoms with E-state index in [-0.39, 0.29) is 17.6 Å². The van der Waals surface area contributed by atoms with Crippen LogP contribution in [-0.4, -0.2) is 50.3 Å². The normalized spacial score (nSPS) is 15.0. The molecule has 0 atom stereocenters. The van der Waals surface area contributed by atoms with Crippen molar-refractivity contribution < 1.29 is 27.4 Å². The van der Waals surface area contributed by atoms with Gasteiger partial charge in [0.1, 0.15) is 11.7 Å². The van der Waals surface area contributed by atoms with Gasteiger partial charge in [-0.1, -0.05) is 32.0 Å². The third-order valence-corrected chi connectivity index (χ3v) is 5.47. The lowest BCUT2D eigenvalue weighted by Gasteiger charge is -2.38. The lowest BCUT2D eigenvalue weighted by atomic mass is 9.91. The highest BCUT2D eigenvalue weighted by Gasteiger charge is 2.45. The van der Waals surface area contributed by atoms with Gasteiger partial charge in [0.2, 0.25) is 0 Å². The van der Waals surface area contributed by atoms with Gasteiger partial charge in [0, 0.05) is 24.8 Å². The predicted molar refractivity (Wildman–Crippen MR) is 124 cm³/mol. The van der Waals surface area contributed by atoms with Crippen LogP contribution >= 0.6 is 11.6 Å². The molecule has 0 radical (unpaired) electrons. The smallest absolute Gasteiger partial charge is 0.266 e. The van der Waals surface area contributed by atoms with Crippen molar-refractivity contribution in [1.29, 1.82) is 5.41 Å². The number of hydrogen-bond acceptors (Lipinski definition) is 5. The van der Waals surface area contributed by atoms with Crippen molar-refractivity contribution in [2.75, 3.05) is 26.3 Å². The second-order valence-corrected chi connectivity index (χ2v) is 7.48. The highest BCUT2D eigenvalue weighted by atomic mass is 35.5. The zero-order chi connectivity index (χ0) is 25.0. The summed E-state index contributed by atoms with van der Waals surface area (Å²) in [6, 6.07) is 4.28. The molecule has 1 saturated heterocycles. The maximum Gasteiger partial charge on any atom is 0.266 e. The molecule has 1 aliphatic heterocycles. The first-order chi connectivity index (χ1) is 15.7. The van der Waals surface area contributed by atoms with Crippen LogP contribution in [-0.2, 0) is 20.7 Å². The van der Waals surface area contributed by atoms with Crippen molar-refractivity contribution in [2.45, 2.75) is 51.6 Å². The van der Waals surface area contributed by atoms with Crippen molar-refractivity contribution in [3.8, 4) is 0 Å². The number of rotatable bonds is 11. The molecule has 1 aromatic rings. The number of nitrogens with zero attached hydrogens (tertiary/aromatic N) is 1. The summed E-state index contributed by atoms with van der Waals surface area (Å²) in [6.07, 6.45) is -0.922. The molecular formula is C23H31ClF3N3O3. The number of allylic oxidation sites excluding steroid dienone is 1. The SMILES string of the molecule is C=NC(=N)/C(CC)=C(/CCC(=O)C1(OC)COC1)NCCl.CCc1cccc(C(F)F)c1F. The summed E-state index contributed by atoms with van der Waals surface area (Å²) in [5.74, 6) is -0.667. The van der Waals surface area contributed by atoms with E-state index in [4.69, 9.17) is 26.5 Å². The highest BCUT2D eigenvalue weighted by molar-refractivity contribution is 6.17. The van der Waals surface area contributed by atoms with Crippen LogP contribution in [0.2, 0.25) is 0 Å². The van der Waals surface area contributed by atoms with E-state index in [9.17, 15) is 18.0 Å². The van der Waals surface area contributed by atoms with Gasteiger partial charge in [-0.2, -0.15) is 0 Å². The summed E-state index contributed by atoms with van der Waals surface area (Å²) in [4.78, 5) is 15.9. The van der Waals surface area contributed by atoms with Crippen LogP contribution in [0.15, 0.2) is 34.5 Å². The Balaban J connectivity index is 0.000000383. The van der Waals surface area contributed by atoms with Gasteiger partial charge < -0.3 is 14.8 Å². The van der Waals surface area contributed by atoms with E-state index in [0.717, 1.165) is 17.3 Å². The summed E-state index contributed by atoms with van der Waals surface area (Å²) < 4.78 is 47.6. The molecule has 33 heavy (non-hydrogen) atoms. The number of halogens is 4. The summed E-state index contributed by atoms with van der Waals surface area (Å²) in [5.41, 5.74) is 0.504. The summed E-state index contributed by atoms with van der Waals surface area (Å²) >= 11 is 5.72. The molecule has 0 spiro atoms. The quantitative estimate of drug-likeness (QED) is 0.193. The molecule has 2 N–H and O–H groups in total. The fraction of sp³-hybridized carbons (Fsp3) is 0.522. The predicted octanol–water partition coefficient (Wildman–Crippen LogP) is 5.20. The van der Waals surface area contributed by atoms with Crippen LogP contribution in [0.1, 0.15) is 50.7 Å². The number of aryl methyl sites for hydroxylation is 1. The fourth-order valence-corrected chi connectivity index (χ4v) is 3.39. The Labute approximate surface area is 197 Å². The van der Waals surface area contributed by atoms with Crippen molar-refractivity contribution >= 4 is 29.9 Å². The molecule has 0 saturated carbocycles. The minimum Gasteiger partial charge on any atom is -0.375 e. The molecule has 1 fully saturated rings. The van der Waals surface area contributed by atoms with Gasteiger partial charge in [0.25, 0.3) is 6.43 Å². The fourth-order valence-electron chi connectivity index (χ4n) is 3.23. The second kappa shape index (κ2) is 14.1. The Kier molecular flexibility index (Phi) is 12.3. The molecular weight excluding hydrogens is 459 g/mol. The zero-order valence-electron chi connectivity index (χ0n) is 19.2. The van der Waals surface area contributed by atoms with Crippen LogP contribution in [0.3, 0.4) is 0 Å². The van der Waals surface area contributed by atoms with E-state index in [1.165, 1.54) is 19.2 Å². The maximum absolute atomic E-state index is 13.0. The van der Waals surface area contributed by atoms with Crippen LogP contribution in [0.25, 0.3) is 0 Å². The van der Waals surface area contributed by atoms with E-state index < -0.39 is 23.4 Å². The molecule has 10 heteroatoms. The van der Waals surface area contributed by atoms with Gasteiger partial charge in [-0.15, -0.1) is 11.6 Å². The van der Waals surface area contributed by atoms with Gasteiger partial charge in [-0.3, -0.25) is 10.2 Å². The number of methoxy groups -OCH3 is 1. The lowest BCUT2D eigenvalue weighted by molar-refractivity contribution is -0.199. The third-order valence-electron chi connectivity index (χ3n) is 5.34. The minimum absolute atomic E-state index is 0.00123. The van der Waals surface area contributed by atoms with E-state index in [0.29, 0.717) is 44.5 Å². The molecule has 2 rings (SSSR count). The van der Waals surface area contributed by atoms with E-state index in [2.05, 4.69) is 17.0 Å².